The maximum absolute atomic E-state index is 14.6. The maximum Gasteiger partial charge on any atom is 0.341 e. The molecule has 430 valence electrons. The first-order chi connectivity index (χ1) is 35.6. The number of nitrogens with zero attached hydrogens (tertiary/aromatic N) is 3. The Morgan fingerprint density at radius 1 is 0.961 bits per heavy atom. The molecule has 0 bridgehead atoms. The summed E-state index contributed by atoms with van der Waals surface area (Å²) in [6.45, 7) is 23.2. The molecule has 1 aromatic heterocycles. The van der Waals surface area contributed by atoms with Gasteiger partial charge in [0.2, 0.25) is 5.43 Å². The number of methoxy groups -OCH3 is 1. The van der Waals surface area contributed by atoms with Crippen LogP contribution in [-0.2, 0) is 49.1 Å². The number of aliphatic hydroxyl groups excluding tert-OH is 2. The molecular weight excluding hydrogens is 987 g/mol. The number of aromatic nitrogens is 1. The number of hydrogen-bond acceptors (Lipinski definition) is 18. The largest absolute Gasteiger partial charge is 0.485 e. The van der Waals surface area contributed by atoms with Gasteiger partial charge in [-0.05, 0) is 125 Å². The van der Waals surface area contributed by atoms with Crippen LogP contribution in [0.25, 0.3) is 16.6 Å². The standard InChI is InChI=1S/C56H89N3O17/c1-16-42-56(11,67)48(62)35(7)58(14)27-30(2)25-54(9,66)49(76-53-46(61)40(57(12)13)22-32(4)72-53)33(5)47(34(6)52(65)74-42)75-43-26-55(10,68-15)50(36(8)73-43)70-21-20-69-19-17-18-37-23-38-44-41(24-37)71-29-31(3)59(44)28-39(45(38)60)51(63)64/h23-24,28,30,32-36,40,42-43,46-50,53,61-62,66-67H,3,16-22,25-27,29H2,1-2,4-15H3,(H,63,64)/t30-,32-,33+,34-,35-,36+,40+,42-,43?,46-,47+,48+,49-,50+,53+,54-,55-,56-/m1/s1. The fourth-order valence-corrected chi connectivity index (χ4v) is 12.1. The van der Waals surface area contributed by atoms with Crippen LogP contribution in [0.15, 0.2) is 29.7 Å². The van der Waals surface area contributed by atoms with E-state index in [0.29, 0.717) is 49.4 Å². The average Bonchev–Trinajstić information content (AvgIpc) is 3.35. The van der Waals surface area contributed by atoms with Gasteiger partial charge in [0, 0.05) is 50.9 Å². The molecule has 2 aromatic rings. The van der Waals surface area contributed by atoms with E-state index in [2.05, 4.69) is 6.58 Å². The van der Waals surface area contributed by atoms with E-state index in [1.165, 1.54) is 13.1 Å². The van der Waals surface area contributed by atoms with Gasteiger partial charge in [0.25, 0.3) is 0 Å². The number of aryl methyl sites for hydroxylation is 1. The van der Waals surface area contributed by atoms with Crippen molar-refractivity contribution in [2.75, 3.05) is 61.2 Å². The van der Waals surface area contributed by atoms with Crippen LogP contribution >= 0.6 is 0 Å². The Kier molecular flexibility index (Phi) is 20.5. The lowest BCUT2D eigenvalue weighted by atomic mass is 9.77. The predicted octanol–water partition coefficient (Wildman–Crippen LogP) is 4.45. The molecule has 1 aromatic carbocycles. The third kappa shape index (κ3) is 13.5. The Bertz CT molecular complexity index is 2380. The van der Waals surface area contributed by atoms with Gasteiger partial charge in [0.1, 0.15) is 47.9 Å². The van der Waals surface area contributed by atoms with Crippen LogP contribution in [0.3, 0.4) is 0 Å². The van der Waals surface area contributed by atoms with E-state index >= 15 is 0 Å². The van der Waals surface area contributed by atoms with Gasteiger partial charge in [-0.1, -0.05) is 27.4 Å². The molecule has 20 heteroatoms. The molecular formula is C56H89N3O17. The Labute approximate surface area is 448 Å². The van der Waals surface area contributed by atoms with Crippen LogP contribution in [0, 0.1) is 17.8 Å². The van der Waals surface area contributed by atoms with E-state index in [1.54, 1.807) is 45.4 Å². The smallest absolute Gasteiger partial charge is 0.341 e. The fourth-order valence-electron chi connectivity index (χ4n) is 12.1. The number of benzene rings is 1. The Morgan fingerprint density at radius 2 is 1.66 bits per heavy atom. The van der Waals surface area contributed by atoms with E-state index < -0.39 is 107 Å². The summed E-state index contributed by atoms with van der Waals surface area (Å²) in [6.07, 6.45) is -5.76. The van der Waals surface area contributed by atoms with Crippen LogP contribution in [0.1, 0.15) is 117 Å². The van der Waals surface area contributed by atoms with Crippen molar-refractivity contribution in [3.63, 3.8) is 0 Å². The number of carboxylic acid groups (broad SMARTS) is 1. The average molecular weight is 1080 g/mol. The summed E-state index contributed by atoms with van der Waals surface area (Å²) in [5.74, 6) is -3.58. The molecule has 0 saturated carbocycles. The molecule has 3 fully saturated rings. The number of carbonyl (C=O) groups is 2. The van der Waals surface area contributed by atoms with E-state index in [4.69, 9.17) is 42.6 Å². The van der Waals surface area contributed by atoms with Gasteiger partial charge in [-0.3, -0.25) is 9.59 Å². The summed E-state index contributed by atoms with van der Waals surface area (Å²) in [6, 6.07) is 2.67. The molecule has 18 atom stereocenters. The zero-order chi connectivity index (χ0) is 56.4. The maximum atomic E-state index is 14.6. The van der Waals surface area contributed by atoms with Crippen molar-refractivity contribution in [3.8, 4) is 5.75 Å². The van der Waals surface area contributed by atoms with Gasteiger partial charge in [0.15, 0.2) is 12.6 Å². The zero-order valence-corrected chi connectivity index (χ0v) is 47.4. The first-order valence-electron chi connectivity index (χ1n) is 27.1. The monoisotopic (exact) mass is 1080 g/mol. The molecule has 6 rings (SSSR count). The molecule has 1 unspecified atom stereocenters. The SMILES string of the molecule is C=C1COc2cc(CCCOCCO[C@H]3[C@H](C)OC(O[C@H]4[C@H](C)[C@@H](O[C@@H]5O[C@H](C)C[C@H](N(C)C)[C@H]5O)[C@](C)(O)C[C@@H](C)CN(C)[C@H](C)[C@H](O)[C@](C)(O)[C@@H](CC)OC(=O)[C@@H]4C)C[C@@]3(C)OC)cc3c(=O)c(C(=O)O)cn1c23. The summed E-state index contributed by atoms with van der Waals surface area (Å²) in [7, 11) is 7.18. The van der Waals surface area contributed by atoms with Crippen molar-refractivity contribution in [3.05, 3.63) is 46.3 Å². The molecule has 4 aliphatic heterocycles. The third-order valence-electron chi connectivity index (χ3n) is 16.5. The minimum atomic E-state index is -1.85. The Balaban J connectivity index is 1.19. The predicted molar refractivity (Wildman–Crippen MR) is 283 cm³/mol. The highest BCUT2D eigenvalue weighted by molar-refractivity contribution is 5.96. The molecule has 0 aliphatic carbocycles. The molecule has 76 heavy (non-hydrogen) atoms. The fraction of sp³-hybridized carbons (Fsp3) is 0.768. The number of pyridine rings is 1. The van der Waals surface area contributed by atoms with Gasteiger partial charge in [-0.2, -0.15) is 0 Å². The molecule has 5 heterocycles. The van der Waals surface area contributed by atoms with Crippen molar-refractivity contribution >= 4 is 28.5 Å². The Morgan fingerprint density at radius 3 is 2.30 bits per heavy atom. The molecule has 5 N–H and O–H groups in total. The number of esters is 1. The molecule has 20 nitrogen and oxygen atoms in total. The van der Waals surface area contributed by atoms with Gasteiger partial charge >= 0.3 is 11.9 Å². The van der Waals surface area contributed by atoms with Crippen molar-refractivity contribution < 1.29 is 77.8 Å². The molecule has 0 spiro atoms. The zero-order valence-electron chi connectivity index (χ0n) is 47.4. The van der Waals surface area contributed by atoms with E-state index in [1.807, 2.05) is 71.6 Å². The summed E-state index contributed by atoms with van der Waals surface area (Å²) in [5.41, 5.74) is -3.54. The first-order valence-corrected chi connectivity index (χ1v) is 27.1. The number of aliphatic hydroxyl groups is 4. The first kappa shape index (κ1) is 61.6. The second kappa shape index (κ2) is 25.2. The van der Waals surface area contributed by atoms with Gasteiger partial charge in [-0.25, -0.2) is 4.79 Å². The number of carboxylic acids is 1. The molecule has 0 amide bonds. The summed E-state index contributed by atoms with van der Waals surface area (Å²) < 4.78 is 58.9. The van der Waals surface area contributed by atoms with Crippen LogP contribution < -0.4 is 10.2 Å². The van der Waals surface area contributed by atoms with Gasteiger partial charge < -0.3 is 82.5 Å². The summed E-state index contributed by atoms with van der Waals surface area (Å²) in [4.78, 5) is 43.5. The third-order valence-corrected chi connectivity index (χ3v) is 16.5. The van der Waals surface area contributed by atoms with Gasteiger partial charge in [0.05, 0.1) is 71.3 Å². The number of ether oxygens (including phenoxy) is 9. The molecule has 0 radical (unpaired) electrons. The highest BCUT2D eigenvalue weighted by Crippen LogP contribution is 2.41. The van der Waals surface area contributed by atoms with Crippen LogP contribution in [-0.4, -0.2) is 203 Å². The highest BCUT2D eigenvalue weighted by atomic mass is 16.7. The second-order valence-corrected chi connectivity index (χ2v) is 23.1. The number of carbonyl (C=O) groups excluding carboxylic acids is 1. The van der Waals surface area contributed by atoms with Crippen LogP contribution in [0.2, 0.25) is 0 Å². The normalized spacial score (nSPS) is 38.3. The minimum Gasteiger partial charge on any atom is -0.485 e. The minimum absolute atomic E-state index is 0.155. The molecule has 4 aliphatic rings. The lowest BCUT2D eigenvalue weighted by molar-refractivity contribution is -0.321. The van der Waals surface area contributed by atoms with E-state index in [0.717, 1.165) is 5.56 Å². The lowest BCUT2D eigenvalue weighted by Gasteiger charge is -2.49. The number of likely N-dealkylation sites (N-methyl/N-ethyl adjacent to an activating group) is 2. The van der Waals surface area contributed by atoms with Crippen LogP contribution in [0.4, 0.5) is 0 Å². The van der Waals surface area contributed by atoms with Crippen molar-refractivity contribution in [2.24, 2.45) is 17.8 Å². The van der Waals surface area contributed by atoms with E-state index in [-0.39, 0.29) is 68.1 Å². The van der Waals surface area contributed by atoms with Gasteiger partial charge in [-0.15, -0.1) is 0 Å². The Hall–Kier alpha value is -3.61. The lowest BCUT2D eigenvalue weighted by Crippen LogP contribution is -2.61. The quantitative estimate of drug-likeness (QED) is 0.115. The number of cyclic esters (lactones) is 1. The second-order valence-electron chi connectivity index (χ2n) is 23.1. The van der Waals surface area contributed by atoms with Crippen LogP contribution in [0.5, 0.6) is 5.75 Å². The molecule has 3 saturated heterocycles. The topological polar surface area (TPSA) is 247 Å². The highest BCUT2D eigenvalue weighted by Gasteiger charge is 2.53. The summed E-state index contributed by atoms with van der Waals surface area (Å²) >= 11 is 0. The number of aromatic carboxylic acids is 1. The van der Waals surface area contributed by atoms with E-state index in [9.17, 15) is 39.9 Å². The number of rotatable bonds is 16. The van der Waals surface area contributed by atoms with Crippen molar-refractivity contribution in [1.29, 1.82) is 0 Å². The summed E-state index contributed by atoms with van der Waals surface area (Å²) in [5, 5.41) is 58.1. The van der Waals surface area contributed by atoms with Crippen molar-refractivity contribution in [2.45, 2.75) is 198 Å². The van der Waals surface area contributed by atoms with Crippen molar-refractivity contribution in [1.82, 2.24) is 14.4 Å². The number of hydrogen-bond donors (Lipinski definition) is 5.